The molecule has 3 aromatic rings. The summed E-state index contributed by atoms with van der Waals surface area (Å²) in [6, 6.07) is 19.2. The van der Waals surface area contributed by atoms with Crippen LogP contribution in [0.15, 0.2) is 77.7 Å². The fraction of sp³-hybridized carbons (Fsp3) is 0.167. The highest BCUT2D eigenvalue weighted by atomic mass is 32.2. The van der Waals surface area contributed by atoms with Crippen molar-refractivity contribution in [1.82, 2.24) is 4.72 Å². The Morgan fingerprint density at radius 2 is 1.39 bits per heavy atom. The fourth-order valence-corrected chi connectivity index (χ4v) is 4.43. The molecule has 3 aromatic carbocycles. The number of sulfonamides is 1. The average molecular weight is 466 g/mol. The maximum atomic E-state index is 12.6. The van der Waals surface area contributed by atoms with Crippen molar-refractivity contribution >= 4 is 33.2 Å². The van der Waals surface area contributed by atoms with Crippen LogP contribution in [0.5, 0.6) is 5.75 Å². The molecule has 1 aliphatic rings. The molecule has 3 N–H and O–H groups in total. The lowest BCUT2D eigenvalue weighted by Crippen LogP contribution is -2.26. The standard InChI is InChI=1S/C24H23N3O5S/c1-32-21-13-11-19(12-14-21)25-23(28)16-5-7-18(8-6-16)26-24(29)17-3-2-4-22(15-17)33(30,31)27-20-9-10-20/h2-8,11-15,20,27H,9-10H2,1H3,(H,25,28)(H,26,29). The number of nitrogens with one attached hydrogen (secondary N) is 3. The first-order chi connectivity index (χ1) is 15.8. The third-order valence-corrected chi connectivity index (χ3v) is 6.58. The predicted octanol–water partition coefficient (Wildman–Crippen LogP) is 3.64. The molecule has 0 aromatic heterocycles. The minimum Gasteiger partial charge on any atom is -0.497 e. The molecule has 0 radical (unpaired) electrons. The molecular formula is C24H23N3O5S. The van der Waals surface area contributed by atoms with Gasteiger partial charge in [-0.3, -0.25) is 9.59 Å². The number of benzene rings is 3. The van der Waals surface area contributed by atoms with Crippen LogP contribution in [0, 0.1) is 0 Å². The van der Waals surface area contributed by atoms with Crippen molar-refractivity contribution in [3.8, 4) is 5.75 Å². The van der Waals surface area contributed by atoms with E-state index in [2.05, 4.69) is 15.4 Å². The number of methoxy groups -OCH3 is 1. The lowest BCUT2D eigenvalue weighted by atomic mass is 10.1. The van der Waals surface area contributed by atoms with Gasteiger partial charge in [-0.15, -0.1) is 0 Å². The monoisotopic (exact) mass is 465 g/mol. The molecule has 1 fully saturated rings. The maximum absolute atomic E-state index is 12.6. The zero-order chi connectivity index (χ0) is 23.4. The number of carbonyl (C=O) groups excluding carboxylic acids is 2. The zero-order valence-corrected chi connectivity index (χ0v) is 18.7. The van der Waals surface area contributed by atoms with E-state index in [1.807, 2.05) is 0 Å². The van der Waals surface area contributed by atoms with E-state index in [1.54, 1.807) is 61.7 Å². The van der Waals surface area contributed by atoms with E-state index in [0.29, 0.717) is 22.7 Å². The van der Waals surface area contributed by atoms with Crippen LogP contribution < -0.4 is 20.1 Å². The molecule has 0 saturated heterocycles. The van der Waals surface area contributed by atoms with Crippen molar-refractivity contribution < 1.29 is 22.7 Å². The van der Waals surface area contributed by atoms with Crippen molar-refractivity contribution in [3.63, 3.8) is 0 Å². The molecule has 9 heteroatoms. The first-order valence-corrected chi connectivity index (χ1v) is 11.8. The third kappa shape index (κ3) is 5.76. The summed E-state index contributed by atoms with van der Waals surface area (Å²) < 4.78 is 32.5. The quantitative estimate of drug-likeness (QED) is 0.470. The summed E-state index contributed by atoms with van der Waals surface area (Å²) in [5.41, 5.74) is 1.74. The van der Waals surface area contributed by atoms with E-state index < -0.39 is 15.9 Å². The molecule has 1 aliphatic carbocycles. The molecule has 8 nitrogen and oxygen atoms in total. The predicted molar refractivity (Wildman–Crippen MR) is 125 cm³/mol. The molecule has 170 valence electrons. The molecule has 0 heterocycles. The molecule has 2 amide bonds. The Hall–Kier alpha value is -3.69. The maximum Gasteiger partial charge on any atom is 0.255 e. The smallest absolute Gasteiger partial charge is 0.255 e. The van der Waals surface area contributed by atoms with Crippen molar-refractivity contribution in [2.24, 2.45) is 0 Å². The molecule has 0 aliphatic heterocycles. The van der Waals surface area contributed by atoms with Crippen LogP contribution in [-0.4, -0.2) is 33.4 Å². The number of ether oxygens (including phenoxy) is 1. The highest BCUT2D eigenvalue weighted by Gasteiger charge is 2.28. The second kappa shape index (κ2) is 9.43. The van der Waals surface area contributed by atoms with E-state index >= 15 is 0 Å². The number of amides is 2. The van der Waals surface area contributed by atoms with Gasteiger partial charge in [-0.2, -0.15) is 0 Å². The minimum absolute atomic E-state index is 0.0204. The van der Waals surface area contributed by atoms with Crippen LogP contribution in [-0.2, 0) is 10.0 Å². The molecule has 33 heavy (non-hydrogen) atoms. The Morgan fingerprint density at radius 1 is 0.818 bits per heavy atom. The fourth-order valence-electron chi connectivity index (χ4n) is 3.08. The molecule has 1 saturated carbocycles. The zero-order valence-electron chi connectivity index (χ0n) is 17.9. The summed E-state index contributed by atoms with van der Waals surface area (Å²) in [7, 11) is -2.08. The van der Waals surface area contributed by atoms with Gasteiger partial charge in [0.1, 0.15) is 5.75 Å². The van der Waals surface area contributed by atoms with Crippen molar-refractivity contribution in [3.05, 3.63) is 83.9 Å². The Balaban J connectivity index is 1.39. The topological polar surface area (TPSA) is 114 Å². The first-order valence-electron chi connectivity index (χ1n) is 10.3. The molecule has 0 atom stereocenters. The van der Waals surface area contributed by atoms with Crippen molar-refractivity contribution in [2.45, 2.75) is 23.8 Å². The Labute approximate surface area is 192 Å². The van der Waals surface area contributed by atoms with Gasteiger partial charge in [0, 0.05) is 28.5 Å². The van der Waals surface area contributed by atoms with Crippen molar-refractivity contribution in [2.75, 3.05) is 17.7 Å². The van der Waals surface area contributed by atoms with Gasteiger partial charge in [0.15, 0.2) is 0 Å². The molecule has 0 unspecified atom stereocenters. The van der Waals surface area contributed by atoms with Gasteiger partial charge >= 0.3 is 0 Å². The van der Waals surface area contributed by atoms with Crippen LogP contribution in [0.4, 0.5) is 11.4 Å². The lowest BCUT2D eigenvalue weighted by Gasteiger charge is -2.10. The van der Waals surface area contributed by atoms with Gasteiger partial charge in [0.05, 0.1) is 12.0 Å². The largest absolute Gasteiger partial charge is 0.497 e. The summed E-state index contributed by atoms with van der Waals surface area (Å²) in [5, 5.41) is 5.51. The van der Waals surface area contributed by atoms with E-state index in [1.165, 1.54) is 18.2 Å². The highest BCUT2D eigenvalue weighted by Crippen LogP contribution is 2.23. The number of anilines is 2. The van der Waals surface area contributed by atoms with E-state index in [4.69, 9.17) is 4.74 Å². The Bertz CT molecular complexity index is 1270. The van der Waals surface area contributed by atoms with Crippen LogP contribution in [0.25, 0.3) is 0 Å². The van der Waals surface area contributed by atoms with E-state index in [9.17, 15) is 18.0 Å². The lowest BCUT2D eigenvalue weighted by molar-refractivity contribution is 0.101. The van der Waals surface area contributed by atoms with Gasteiger partial charge in [-0.1, -0.05) is 6.07 Å². The molecule has 0 spiro atoms. The summed E-state index contributed by atoms with van der Waals surface area (Å²) in [5.74, 6) is -0.0524. The summed E-state index contributed by atoms with van der Waals surface area (Å²) in [6.45, 7) is 0. The Morgan fingerprint density at radius 3 is 1.97 bits per heavy atom. The third-order valence-electron chi connectivity index (χ3n) is 5.06. The number of carbonyl (C=O) groups is 2. The van der Waals surface area contributed by atoms with Crippen LogP contribution in [0.2, 0.25) is 0 Å². The van der Waals surface area contributed by atoms with E-state index in [0.717, 1.165) is 12.8 Å². The normalized spacial score (nSPS) is 13.2. The van der Waals surface area contributed by atoms with Crippen LogP contribution in [0.3, 0.4) is 0 Å². The minimum atomic E-state index is -3.65. The van der Waals surface area contributed by atoms with Crippen LogP contribution >= 0.6 is 0 Å². The second-order valence-electron chi connectivity index (χ2n) is 7.64. The van der Waals surface area contributed by atoms with Gasteiger partial charge in [-0.05, 0) is 79.6 Å². The summed E-state index contributed by atoms with van der Waals surface area (Å²) in [4.78, 5) is 25.1. The number of hydrogen-bond donors (Lipinski definition) is 3. The molecule has 4 rings (SSSR count). The highest BCUT2D eigenvalue weighted by molar-refractivity contribution is 7.89. The SMILES string of the molecule is COc1ccc(NC(=O)c2ccc(NC(=O)c3cccc(S(=O)(=O)NC4CC4)c3)cc2)cc1. The van der Waals surface area contributed by atoms with Gasteiger partial charge in [0.25, 0.3) is 11.8 Å². The number of rotatable bonds is 8. The molecular weight excluding hydrogens is 442 g/mol. The van der Waals surface area contributed by atoms with Crippen molar-refractivity contribution in [1.29, 1.82) is 0 Å². The summed E-state index contributed by atoms with van der Waals surface area (Å²) in [6.07, 6.45) is 1.65. The van der Waals surface area contributed by atoms with Gasteiger partial charge < -0.3 is 15.4 Å². The second-order valence-corrected chi connectivity index (χ2v) is 9.35. The average Bonchev–Trinajstić information content (AvgIpc) is 3.63. The number of hydrogen-bond acceptors (Lipinski definition) is 5. The molecule has 0 bridgehead atoms. The van der Waals surface area contributed by atoms with Gasteiger partial charge in [0.2, 0.25) is 10.0 Å². The van der Waals surface area contributed by atoms with Gasteiger partial charge in [-0.25, -0.2) is 13.1 Å². The first kappa shape index (κ1) is 22.5. The summed E-state index contributed by atoms with van der Waals surface area (Å²) >= 11 is 0. The van der Waals surface area contributed by atoms with E-state index in [-0.39, 0.29) is 22.4 Å². The Kier molecular flexibility index (Phi) is 6.43. The van der Waals surface area contributed by atoms with Crippen LogP contribution in [0.1, 0.15) is 33.6 Å².